The van der Waals surface area contributed by atoms with E-state index in [1.54, 1.807) is 0 Å². The van der Waals surface area contributed by atoms with Gasteiger partial charge in [0.1, 0.15) is 0 Å². The number of nitrogens with one attached hydrogen (secondary N) is 1. The molecule has 2 aliphatic rings. The fraction of sp³-hybridized carbons (Fsp3) is 0.812. The van der Waals surface area contributed by atoms with E-state index in [1.807, 2.05) is 6.92 Å². The SMILES string of the molecule is CC[C@@H]1CN(C(=O)C2CC2)CC[C@@H]1N[C@@H](C)c1nc(C)no1. The van der Waals surface area contributed by atoms with Crippen molar-refractivity contribution in [1.29, 1.82) is 0 Å². The quantitative estimate of drug-likeness (QED) is 0.901. The van der Waals surface area contributed by atoms with Crippen molar-refractivity contribution in [3.63, 3.8) is 0 Å². The molecule has 1 aliphatic carbocycles. The van der Waals surface area contributed by atoms with E-state index in [1.165, 1.54) is 0 Å². The molecule has 0 bridgehead atoms. The number of nitrogens with zero attached hydrogens (tertiary/aromatic N) is 3. The lowest BCUT2D eigenvalue weighted by atomic mass is 9.89. The zero-order chi connectivity index (χ0) is 15.7. The summed E-state index contributed by atoms with van der Waals surface area (Å²) >= 11 is 0. The van der Waals surface area contributed by atoms with Crippen molar-refractivity contribution >= 4 is 5.91 Å². The molecule has 0 unspecified atom stereocenters. The highest BCUT2D eigenvalue weighted by molar-refractivity contribution is 5.81. The van der Waals surface area contributed by atoms with Crippen molar-refractivity contribution in [2.75, 3.05) is 13.1 Å². The van der Waals surface area contributed by atoms with E-state index in [2.05, 4.69) is 34.2 Å². The minimum absolute atomic E-state index is 0.0472. The van der Waals surface area contributed by atoms with Crippen molar-refractivity contribution in [2.24, 2.45) is 11.8 Å². The molecule has 22 heavy (non-hydrogen) atoms. The normalized spacial score (nSPS) is 27.0. The number of aryl methyl sites for hydroxylation is 1. The molecule has 2 fully saturated rings. The van der Waals surface area contributed by atoms with Crippen LogP contribution in [0, 0.1) is 18.8 Å². The lowest BCUT2D eigenvalue weighted by Gasteiger charge is -2.39. The minimum atomic E-state index is 0.0472. The summed E-state index contributed by atoms with van der Waals surface area (Å²) < 4.78 is 5.25. The van der Waals surface area contributed by atoms with Crippen LogP contribution in [0.25, 0.3) is 0 Å². The van der Waals surface area contributed by atoms with Crippen molar-refractivity contribution in [3.05, 3.63) is 11.7 Å². The smallest absolute Gasteiger partial charge is 0.243 e. The number of hydrogen-bond donors (Lipinski definition) is 1. The molecule has 6 nitrogen and oxygen atoms in total. The van der Waals surface area contributed by atoms with Crippen LogP contribution in [-0.4, -0.2) is 40.1 Å². The topological polar surface area (TPSA) is 71.3 Å². The van der Waals surface area contributed by atoms with Gasteiger partial charge >= 0.3 is 0 Å². The van der Waals surface area contributed by atoms with Gasteiger partial charge in [0.25, 0.3) is 0 Å². The monoisotopic (exact) mass is 306 g/mol. The molecule has 3 atom stereocenters. The van der Waals surface area contributed by atoms with Crippen LogP contribution in [0.4, 0.5) is 0 Å². The molecule has 0 aromatic carbocycles. The maximum absolute atomic E-state index is 12.2. The van der Waals surface area contributed by atoms with E-state index in [9.17, 15) is 4.79 Å². The van der Waals surface area contributed by atoms with Gasteiger partial charge in [-0.1, -0.05) is 18.5 Å². The van der Waals surface area contributed by atoms with Gasteiger partial charge in [0.2, 0.25) is 11.8 Å². The minimum Gasteiger partial charge on any atom is -0.342 e. The summed E-state index contributed by atoms with van der Waals surface area (Å²) in [6.07, 6.45) is 4.23. The van der Waals surface area contributed by atoms with Gasteiger partial charge in [-0.25, -0.2) is 0 Å². The molecule has 3 rings (SSSR count). The van der Waals surface area contributed by atoms with Gasteiger partial charge in [-0.3, -0.25) is 4.79 Å². The predicted molar refractivity (Wildman–Crippen MR) is 82.1 cm³/mol. The Labute approximate surface area is 131 Å². The Morgan fingerprint density at radius 1 is 1.45 bits per heavy atom. The Morgan fingerprint density at radius 2 is 2.23 bits per heavy atom. The average molecular weight is 306 g/mol. The molecule has 1 saturated carbocycles. The Balaban J connectivity index is 1.58. The summed E-state index contributed by atoms with van der Waals surface area (Å²) in [4.78, 5) is 18.6. The van der Waals surface area contributed by atoms with Crippen LogP contribution in [0.15, 0.2) is 4.52 Å². The number of amides is 1. The number of carbonyl (C=O) groups is 1. The first kappa shape index (κ1) is 15.5. The number of aromatic nitrogens is 2. The standard InChI is InChI=1S/C16H26N4O2/c1-4-12-9-20(16(21)13-5-6-13)8-7-14(12)17-10(2)15-18-11(3)19-22-15/h10,12-14,17H,4-9H2,1-3H3/t10-,12+,14-/m0/s1. The lowest BCUT2D eigenvalue weighted by Crippen LogP contribution is -2.51. The number of rotatable bonds is 5. The lowest BCUT2D eigenvalue weighted by molar-refractivity contribution is -0.134. The fourth-order valence-corrected chi connectivity index (χ4v) is 3.34. The molecule has 1 amide bonds. The zero-order valence-electron chi connectivity index (χ0n) is 13.7. The average Bonchev–Trinajstić information content (AvgIpc) is 3.28. The van der Waals surface area contributed by atoms with Gasteiger partial charge in [-0.05, 0) is 39.0 Å². The van der Waals surface area contributed by atoms with Crippen LogP contribution in [0.2, 0.25) is 0 Å². The molecular formula is C16H26N4O2. The molecule has 1 aromatic heterocycles. The van der Waals surface area contributed by atoms with Crippen molar-refractivity contribution in [2.45, 2.75) is 58.5 Å². The van der Waals surface area contributed by atoms with E-state index in [4.69, 9.17) is 4.52 Å². The molecule has 1 saturated heterocycles. The zero-order valence-corrected chi connectivity index (χ0v) is 13.7. The van der Waals surface area contributed by atoms with Crippen LogP contribution < -0.4 is 5.32 Å². The van der Waals surface area contributed by atoms with Crippen molar-refractivity contribution in [1.82, 2.24) is 20.4 Å². The second kappa shape index (κ2) is 6.36. The first-order chi connectivity index (χ1) is 10.6. The molecule has 1 N–H and O–H groups in total. The van der Waals surface area contributed by atoms with Gasteiger partial charge in [0, 0.05) is 25.0 Å². The van der Waals surface area contributed by atoms with E-state index in [0.717, 1.165) is 38.8 Å². The van der Waals surface area contributed by atoms with Crippen molar-refractivity contribution in [3.8, 4) is 0 Å². The molecule has 1 aliphatic heterocycles. The summed E-state index contributed by atoms with van der Waals surface area (Å²) in [6, 6.07) is 0.446. The molecule has 122 valence electrons. The third-order valence-corrected chi connectivity index (χ3v) is 4.87. The van der Waals surface area contributed by atoms with Crippen LogP contribution in [0.1, 0.15) is 57.3 Å². The van der Waals surface area contributed by atoms with Gasteiger partial charge in [0.05, 0.1) is 6.04 Å². The summed E-state index contributed by atoms with van der Waals surface area (Å²) in [6.45, 7) is 7.82. The van der Waals surface area contributed by atoms with Crippen molar-refractivity contribution < 1.29 is 9.32 Å². The molecule has 1 aromatic rings. The van der Waals surface area contributed by atoms with Crippen LogP contribution >= 0.6 is 0 Å². The van der Waals surface area contributed by atoms with Gasteiger partial charge in [-0.15, -0.1) is 0 Å². The Morgan fingerprint density at radius 3 is 2.82 bits per heavy atom. The van der Waals surface area contributed by atoms with E-state index in [-0.39, 0.29) is 6.04 Å². The Kier molecular flexibility index (Phi) is 4.47. The third-order valence-electron chi connectivity index (χ3n) is 4.87. The second-order valence-corrected chi connectivity index (χ2v) is 6.69. The largest absolute Gasteiger partial charge is 0.342 e. The van der Waals surface area contributed by atoms with Gasteiger partial charge in [-0.2, -0.15) is 4.98 Å². The predicted octanol–water partition coefficient (Wildman–Crippen LogP) is 2.07. The van der Waals surface area contributed by atoms with Crippen LogP contribution in [0.3, 0.4) is 0 Å². The molecular weight excluding hydrogens is 280 g/mol. The van der Waals surface area contributed by atoms with E-state index in [0.29, 0.717) is 35.5 Å². The highest BCUT2D eigenvalue weighted by Crippen LogP contribution is 2.33. The highest BCUT2D eigenvalue weighted by Gasteiger charge is 2.38. The molecule has 0 spiro atoms. The number of likely N-dealkylation sites (tertiary alicyclic amines) is 1. The maximum atomic E-state index is 12.2. The Hall–Kier alpha value is -1.43. The number of hydrogen-bond acceptors (Lipinski definition) is 5. The second-order valence-electron chi connectivity index (χ2n) is 6.69. The summed E-state index contributed by atoms with van der Waals surface area (Å²) in [5, 5.41) is 7.47. The highest BCUT2D eigenvalue weighted by atomic mass is 16.5. The summed E-state index contributed by atoms with van der Waals surface area (Å²) in [5.41, 5.74) is 0. The summed E-state index contributed by atoms with van der Waals surface area (Å²) in [5.74, 6) is 2.49. The number of carbonyl (C=O) groups excluding carboxylic acids is 1. The maximum Gasteiger partial charge on any atom is 0.243 e. The number of piperidine rings is 1. The first-order valence-electron chi connectivity index (χ1n) is 8.43. The van der Waals surface area contributed by atoms with Gasteiger partial charge in [0.15, 0.2) is 5.82 Å². The molecule has 0 radical (unpaired) electrons. The summed E-state index contributed by atoms with van der Waals surface area (Å²) in [7, 11) is 0. The molecule has 6 heteroatoms. The molecule has 2 heterocycles. The Bertz CT molecular complexity index is 526. The first-order valence-corrected chi connectivity index (χ1v) is 8.43. The third kappa shape index (κ3) is 3.32. The van der Waals surface area contributed by atoms with Crippen LogP contribution in [-0.2, 0) is 4.79 Å². The van der Waals surface area contributed by atoms with E-state index < -0.39 is 0 Å². The van der Waals surface area contributed by atoms with E-state index >= 15 is 0 Å². The fourth-order valence-electron chi connectivity index (χ4n) is 3.34. The van der Waals surface area contributed by atoms with Crippen LogP contribution in [0.5, 0.6) is 0 Å². The van der Waals surface area contributed by atoms with Gasteiger partial charge < -0.3 is 14.7 Å².